The largest absolute Gasteiger partial charge is 0.465 e. The lowest BCUT2D eigenvalue weighted by Gasteiger charge is -2.09. The van der Waals surface area contributed by atoms with E-state index < -0.39 is 5.97 Å². The van der Waals surface area contributed by atoms with Gasteiger partial charge in [0.2, 0.25) is 5.95 Å². The molecule has 0 aliphatic rings. The Hall–Kier alpha value is -4.33. The Morgan fingerprint density at radius 1 is 0.867 bits per heavy atom. The monoisotopic (exact) mass is 399 g/mol. The highest BCUT2D eigenvalue weighted by Gasteiger charge is 2.11. The molecular weight excluding hydrogens is 382 g/mol. The number of aromatic nitrogens is 3. The maximum Gasteiger partial charge on any atom is 0.337 e. The highest BCUT2D eigenvalue weighted by Crippen LogP contribution is 2.21. The molecule has 0 atom stereocenters. The summed E-state index contributed by atoms with van der Waals surface area (Å²) in [7, 11) is 1.33. The van der Waals surface area contributed by atoms with Gasteiger partial charge in [-0.05, 0) is 36.4 Å². The molecule has 0 bridgehead atoms. The van der Waals surface area contributed by atoms with E-state index in [0.717, 1.165) is 5.39 Å². The Labute approximate surface area is 172 Å². The average molecular weight is 399 g/mol. The molecule has 8 heteroatoms. The zero-order valence-corrected chi connectivity index (χ0v) is 16.0. The van der Waals surface area contributed by atoms with Crippen LogP contribution in [0.3, 0.4) is 0 Å². The lowest BCUT2D eigenvalue weighted by atomic mass is 10.2. The number of rotatable bonds is 5. The fourth-order valence-electron chi connectivity index (χ4n) is 2.85. The van der Waals surface area contributed by atoms with Crippen molar-refractivity contribution in [3.05, 3.63) is 84.3 Å². The van der Waals surface area contributed by atoms with E-state index in [4.69, 9.17) is 0 Å². The van der Waals surface area contributed by atoms with Crippen LogP contribution in [0.25, 0.3) is 10.9 Å². The number of carbonyl (C=O) groups excluding carboxylic acids is 2. The first-order valence-electron chi connectivity index (χ1n) is 9.06. The summed E-state index contributed by atoms with van der Waals surface area (Å²) in [6.07, 6.45) is 4.55. The summed E-state index contributed by atoms with van der Waals surface area (Å²) in [6.45, 7) is 0. The van der Waals surface area contributed by atoms with Crippen LogP contribution in [-0.2, 0) is 4.74 Å². The minimum absolute atomic E-state index is 0.314. The van der Waals surface area contributed by atoms with E-state index in [1.54, 1.807) is 36.5 Å². The molecule has 0 aliphatic heterocycles. The maximum absolute atomic E-state index is 12.6. The van der Waals surface area contributed by atoms with Gasteiger partial charge in [0, 0.05) is 29.7 Å². The van der Waals surface area contributed by atoms with E-state index in [9.17, 15) is 9.59 Å². The number of hydrogen-bond acceptors (Lipinski definition) is 7. The van der Waals surface area contributed by atoms with Crippen molar-refractivity contribution < 1.29 is 14.3 Å². The Morgan fingerprint density at radius 2 is 1.60 bits per heavy atom. The van der Waals surface area contributed by atoms with Gasteiger partial charge in [0.05, 0.1) is 29.4 Å². The number of nitrogens with zero attached hydrogens (tertiary/aromatic N) is 3. The standard InChI is InChI=1S/C22H17N5O3/c1-30-21(29)15-7-9-17(10-8-15)26-22-24-12-16(13-25-22)20(28)27-18-6-2-4-14-5-3-11-23-19(14)18/h2-13H,1H3,(H,27,28)(H,24,25,26). The van der Waals surface area contributed by atoms with Crippen LogP contribution < -0.4 is 10.6 Å². The molecule has 2 N–H and O–H groups in total. The summed E-state index contributed by atoms with van der Waals surface area (Å²) in [6, 6.07) is 16.0. The molecule has 2 aromatic heterocycles. The molecule has 2 aromatic carbocycles. The number of amides is 1. The molecule has 0 fully saturated rings. The highest BCUT2D eigenvalue weighted by atomic mass is 16.5. The smallest absolute Gasteiger partial charge is 0.337 e. The van der Waals surface area contributed by atoms with E-state index in [0.29, 0.717) is 34.0 Å². The molecule has 1 amide bonds. The lowest BCUT2D eigenvalue weighted by Crippen LogP contribution is -2.13. The summed E-state index contributed by atoms with van der Waals surface area (Å²) in [5, 5.41) is 6.79. The van der Waals surface area contributed by atoms with Gasteiger partial charge in [-0.2, -0.15) is 0 Å². The van der Waals surface area contributed by atoms with E-state index in [1.807, 2.05) is 24.3 Å². The summed E-state index contributed by atoms with van der Waals surface area (Å²) >= 11 is 0. The minimum atomic E-state index is -0.408. The van der Waals surface area contributed by atoms with E-state index in [2.05, 4.69) is 30.3 Å². The van der Waals surface area contributed by atoms with Gasteiger partial charge in [-0.15, -0.1) is 0 Å². The molecule has 0 saturated carbocycles. The van der Waals surface area contributed by atoms with Crippen molar-refractivity contribution in [3.63, 3.8) is 0 Å². The zero-order valence-electron chi connectivity index (χ0n) is 16.0. The Morgan fingerprint density at radius 3 is 2.33 bits per heavy atom. The van der Waals surface area contributed by atoms with Crippen LogP contribution in [0.1, 0.15) is 20.7 Å². The van der Waals surface area contributed by atoms with Crippen LogP contribution in [0.5, 0.6) is 0 Å². The number of ether oxygens (including phenoxy) is 1. The van der Waals surface area contributed by atoms with Gasteiger partial charge in [-0.3, -0.25) is 9.78 Å². The predicted octanol–water partition coefficient (Wildman–Crippen LogP) is 3.81. The number of esters is 1. The van der Waals surface area contributed by atoms with Gasteiger partial charge in [0.15, 0.2) is 0 Å². The van der Waals surface area contributed by atoms with Crippen LogP contribution in [0.15, 0.2) is 73.2 Å². The Bertz CT molecular complexity index is 1200. The van der Waals surface area contributed by atoms with Gasteiger partial charge < -0.3 is 15.4 Å². The summed E-state index contributed by atoms with van der Waals surface area (Å²) < 4.78 is 4.67. The van der Waals surface area contributed by atoms with E-state index in [1.165, 1.54) is 19.5 Å². The van der Waals surface area contributed by atoms with Gasteiger partial charge in [0.1, 0.15) is 0 Å². The summed E-state index contributed by atoms with van der Waals surface area (Å²) in [4.78, 5) is 36.7. The van der Waals surface area contributed by atoms with Crippen LogP contribution in [0, 0.1) is 0 Å². The van der Waals surface area contributed by atoms with E-state index in [-0.39, 0.29) is 5.91 Å². The zero-order chi connectivity index (χ0) is 20.9. The molecule has 0 spiro atoms. The van der Waals surface area contributed by atoms with Crippen molar-refractivity contribution in [2.75, 3.05) is 17.7 Å². The number of hydrogen-bond donors (Lipinski definition) is 2. The Balaban J connectivity index is 1.45. The van der Waals surface area contributed by atoms with Gasteiger partial charge in [-0.25, -0.2) is 14.8 Å². The van der Waals surface area contributed by atoms with Crippen molar-refractivity contribution in [3.8, 4) is 0 Å². The number of anilines is 3. The number of fused-ring (bicyclic) bond motifs is 1. The molecule has 0 saturated heterocycles. The Kier molecular flexibility index (Phi) is 5.29. The average Bonchev–Trinajstić information content (AvgIpc) is 2.80. The molecule has 30 heavy (non-hydrogen) atoms. The lowest BCUT2D eigenvalue weighted by molar-refractivity contribution is 0.0600. The van der Waals surface area contributed by atoms with Crippen molar-refractivity contribution in [2.45, 2.75) is 0 Å². The summed E-state index contributed by atoms with van der Waals surface area (Å²) in [5.74, 6) is -0.416. The van der Waals surface area contributed by atoms with Gasteiger partial charge >= 0.3 is 5.97 Å². The minimum Gasteiger partial charge on any atom is -0.465 e. The van der Waals surface area contributed by atoms with Crippen molar-refractivity contribution in [2.24, 2.45) is 0 Å². The first-order valence-corrected chi connectivity index (χ1v) is 9.06. The number of carbonyl (C=O) groups is 2. The molecule has 148 valence electrons. The van der Waals surface area contributed by atoms with Gasteiger partial charge in [-0.1, -0.05) is 18.2 Å². The topological polar surface area (TPSA) is 106 Å². The van der Waals surface area contributed by atoms with Crippen LogP contribution in [-0.4, -0.2) is 33.9 Å². The summed E-state index contributed by atoms with van der Waals surface area (Å²) in [5.41, 5.74) is 2.78. The highest BCUT2D eigenvalue weighted by molar-refractivity contribution is 6.08. The number of methoxy groups -OCH3 is 1. The number of nitrogens with one attached hydrogen (secondary N) is 2. The van der Waals surface area contributed by atoms with Crippen LogP contribution in [0.2, 0.25) is 0 Å². The normalized spacial score (nSPS) is 10.4. The fourth-order valence-corrected chi connectivity index (χ4v) is 2.85. The van der Waals surface area contributed by atoms with Gasteiger partial charge in [0.25, 0.3) is 5.91 Å². The quantitative estimate of drug-likeness (QED) is 0.492. The second kappa shape index (κ2) is 8.36. The molecule has 8 nitrogen and oxygen atoms in total. The molecule has 0 unspecified atom stereocenters. The first-order chi connectivity index (χ1) is 14.6. The molecule has 0 radical (unpaired) electrons. The second-order valence-electron chi connectivity index (χ2n) is 6.32. The SMILES string of the molecule is COC(=O)c1ccc(Nc2ncc(C(=O)Nc3cccc4cccnc34)cn2)cc1. The molecular formula is C22H17N5O3. The number of para-hydroxylation sites is 1. The number of benzene rings is 2. The van der Waals surface area contributed by atoms with Crippen molar-refractivity contribution in [1.82, 2.24) is 15.0 Å². The predicted molar refractivity (Wildman–Crippen MR) is 113 cm³/mol. The first kappa shape index (κ1) is 19.0. The number of pyridine rings is 1. The van der Waals surface area contributed by atoms with Crippen molar-refractivity contribution in [1.29, 1.82) is 0 Å². The third kappa shape index (κ3) is 4.07. The van der Waals surface area contributed by atoms with E-state index >= 15 is 0 Å². The molecule has 4 rings (SSSR count). The van der Waals surface area contributed by atoms with Crippen molar-refractivity contribution >= 4 is 40.1 Å². The van der Waals surface area contributed by atoms with Crippen LogP contribution in [0.4, 0.5) is 17.3 Å². The van der Waals surface area contributed by atoms with Crippen LogP contribution >= 0.6 is 0 Å². The third-order valence-corrected chi connectivity index (χ3v) is 4.36. The molecule has 2 heterocycles. The fraction of sp³-hybridized carbons (Fsp3) is 0.0455. The third-order valence-electron chi connectivity index (χ3n) is 4.36. The molecule has 0 aliphatic carbocycles. The second-order valence-corrected chi connectivity index (χ2v) is 6.32. The maximum atomic E-state index is 12.6. The molecule has 4 aromatic rings.